The molecule has 1 saturated carbocycles. The number of hydrogen-bond donors (Lipinski definition) is 2. The van der Waals surface area contributed by atoms with E-state index < -0.39 is 0 Å². The van der Waals surface area contributed by atoms with Crippen molar-refractivity contribution in [1.29, 1.82) is 0 Å². The molecule has 0 aliphatic heterocycles. The van der Waals surface area contributed by atoms with Crippen LogP contribution in [0, 0.1) is 17.8 Å². The second kappa shape index (κ2) is 5.61. The van der Waals surface area contributed by atoms with Crippen LogP contribution in [-0.2, 0) is 0 Å². The molecule has 13 heavy (non-hydrogen) atoms. The fourth-order valence-corrected chi connectivity index (χ4v) is 2.44. The van der Waals surface area contributed by atoms with Gasteiger partial charge in [0, 0.05) is 19.1 Å². The molecule has 2 N–H and O–H groups in total. The van der Waals surface area contributed by atoms with Crippen LogP contribution in [0.1, 0.15) is 39.0 Å². The summed E-state index contributed by atoms with van der Waals surface area (Å²) < 4.78 is 0. The van der Waals surface area contributed by atoms with Gasteiger partial charge in [-0.3, -0.25) is 0 Å². The van der Waals surface area contributed by atoms with Gasteiger partial charge in [0.25, 0.3) is 0 Å². The first kappa shape index (κ1) is 11.0. The Morgan fingerprint density at radius 1 is 1.08 bits per heavy atom. The fourth-order valence-electron chi connectivity index (χ4n) is 2.44. The highest BCUT2D eigenvalue weighted by molar-refractivity contribution is 4.76. The molecule has 0 bridgehead atoms. The molecule has 0 spiro atoms. The van der Waals surface area contributed by atoms with Gasteiger partial charge in [-0.2, -0.15) is 0 Å². The molecule has 0 heterocycles. The van der Waals surface area contributed by atoms with Crippen LogP contribution in [0.3, 0.4) is 0 Å². The molecule has 1 atom stereocenters. The van der Waals surface area contributed by atoms with Gasteiger partial charge < -0.3 is 10.2 Å². The summed E-state index contributed by atoms with van der Waals surface area (Å²) in [5, 5.41) is 18.1. The molecule has 2 heteroatoms. The van der Waals surface area contributed by atoms with E-state index in [1.165, 1.54) is 32.1 Å². The maximum Gasteiger partial charge on any atom is 0.0483 e. The summed E-state index contributed by atoms with van der Waals surface area (Å²) in [5.74, 6) is 1.32. The molecule has 0 aromatic carbocycles. The average molecular weight is 186 g/mol. The third-order valence-electron chi connectivity index (χ3n) is 3.61. The highest BCUT2D eigenvalue weighted by Gasteiger charge is 2.25. The van der Waals surface area contributed by atoms with Gasteiger partial charge >= 0.3 is 0 Å². The Morgan fingerprint density at radius 2 is 1.62 bits per heavy atom. The zero-order valence-corrected chi connectivity index (χ0v) is 8.58. The van der Waals surface area contributed by atoms with Gasteiger partial charge in [-0.15, -0.1) is 0 Å². The molecule has 1 rings (SSSR count). The second-order valence-electron chi connectivity index (χ2n) is 4.38. The Morgan fingerprint density at radius 3 is 2.08 bits per heavy atom. The summed E-state index contributed by atoms with van der Waals surface area (Å²) in [6, 6.07) is 0. The highest BCUT2D eigenvalue weighted by atomic mass is 16.3. The van der Waals surface area contributed by atoms with Gasteiger partial charge in [0.15, 0.2) is 0 Å². The normalized spacial score (nSPS) is 22.2. The van der Waals surface area contributed by atoms with Crippen molar-refractivity contribution in [3.05, 3.63) is 0 Å². The fraction of sp³-hybridized carbons (Fsp3) is 1.00. The molecule has 0 aromatic rings. The van der Waals surface area contributed by atoms with Crippen LogP contribution in [-0.4, -0.2) is 23.4 Å². The standard InChI is InChI=1S/C11H22O2/c1-9(11(7-12)8-13)10-5-3-2-4-6-10/h9-13H,2-8H2,1H3. The van der Waals surface area contributed by atoms with Crippen LogP contribution in [0.5, 0.6) is 0 Å². The third kappa shape index (κ3) is 2.96. The quantitative estimate of drug-likeness (QED) is 0.703. The van der Waals surface area contributed by atoms with Crippen molar-refractivity contribution in [3.63, 3.8) is 0 Å². The minimum atomic E-state index is 0.100. The van der Waals surface area contributed by atoms with E-state index in [0.29, 0.717) is 5.92 Å². The Kier molecular flexibility index (Phi) is 4.74. The van der Waals surface area contributed by atoms with Gasteiger partial charge in [-0.25, -0.2) is 0 Å². The smallest absolute Gasteiger partial charge is 0.0483 e. The number of hydrogen-bond acceptors (Lipinski definition) is 2. The van der Waals surface area contributed by atoms with E-state index in [9.17, 15) is 0 Å². The van der Waals surface area contributed by atoms with E-state index in [4.69, 9.17) is 10.2 Å². The Bertz CT molecular complexity index is 126. The lowest BCUT2D eigenvalue weighted by Crippen LogP contribution is -2.27. The summed E-state index contributed by atoms with van der Waals surface area (Å²) in [7, 11) is 0. The van der Waals surface area contributed by atoms with E-state index in [1.807, 2.05) is 0 Å². The van der Waals surface area contributed by atoms with E-state index >= 15 is 0 Å². The molecule has 1 fully saturated rings. The molecule has 1 aliphatic carbocycles. The van der Waals surface area contributed by atoms with E-state index in [0.717, 1.165) is 5.92 Å². The monoisotopic (exact) mass is 186 g/mol. The number of aliphatic hydroxyl groups is 2. The van der Waals surface area contributed by atoms with Crippen molar-refractivity contribution in [3.8, 4) is 0 Å². The Balaban J connectivity index is 2.38. The third-order valence-corrected chi connectivity index (χ3v) is 3.61. The van der Waals surface area contributed by atoms with E-state index in [1.54, 1.807) is 0 Å². The molecule has 0 saturated heterocycles. The maximum absolute atomic E-state index is 9.07. The SMILES string of the molecule is CC(C(CO)CO)C1CCCCC1. The van der Waals surface area contributed by atoms with Crippen LogP contribution in [0.15, 0.2) is 0 Å². The Labute approximate surface area is 81.0 Å². The molecular formula is C11H22O2. The van der Waals surface area contributed by atoms with Gasteiger partial charge in [0.05, 0.1) is 0 Å². The zero-order valence-electron chi connectivity index (χ0n) is 8.58. The van der Waals surface area contributed by atoms with Gasteiger partial charge in [-0.05, 0) is 11.8 Å². The topological polar surface area (TPSA) is 40.5 Å². The summed E-state index contributed by atoms with van der Waals surface area (Å²) in [6.07, 6.45) is 6.61. The molecule has 0 radical (unpaired) electrons. The lowest BCUT2D eigenvalue weighted by molar-refractivity contribution is 0.0754. The maximum atomic E-state index is 9.07. The second-order valence-corrected chi connectivity index (χ2v) is 4.38. The summed E-state index contributed by atoms with van der Waals surface area (Å²) >= 11 is 0. The predicted molar refractivity (Wildman–Crippen MR) is 53.4 cm³/mol. The molecule has 0 amide bonds. The zero-order chi connectivity index (χ0) is 9.68. The summed E-state index contributed by atoms with van der Waals surface area (Å²) in [5.41, 5.74) is 0. The summed E-state index contributed by atoms with van der Waals surface area (Å²) in [6.45, 7) is 2.44. The molecule has 2 nitrogen and oxygen atoms in total. The largest absolute Gasteiger partial charge is 0.396 e. The summed E-state index contributed by atoms with van der Waals surface area (Å²) in [4.78, 5) is 0. The van der Waals surface area contributed by atoms with Crippen molar-refractivity contribution in [1.82, 2.24) is 0 Å². The highest BCUT2D eigenvalue weighted by Crippen LogP contribution is 2.33. The molecule has 1 aliphatic rings. The Hall–Kier alpha value is -0.0800. The van der Waals surface area contributed by atoms with Crippen LogP contribution in [0.4, 0.5) is 0 Å². The predicted octanol–water partition coefficient (Wildman–Crippen LogP) is 1.80. The van der Waals surface area contributed by atoms with Crippen molar-refractivity contribution >= 4 is 0 Å². The van der Waals surface area contributed by atoms with Crippen molar-refractivity contribution in [2.24, 2.45) is 17.8 Å². The van der Waals surface area contributed by atoms with E-state index in [-0.39, 0.29) is 19.1 Å². The lowest BCUT2D eigenvalue weighted by atomic mass is 9.75. The lowest BCUT2D eigenvalue weighted by Gasteiger charge is -2.31. The molecule has 78 valence electrons. The van der Waals surface area contributed by atoms with E-state index in [2.05, 4.69) is 6.92 Å². The molecular weight excluding hydrogens is 164 g/mol. The van der Waals surface area contributed by atoms with Crippen molar-refractivity contribution in [2.75, 3.05) is 13.2 Å². The van der Waals surface area contributed by atoms with Crippen LogP contribution in [0.2, 0.25) is 0 Å². The first-order valence-corrected chi connectivity index (χ1v) is 5.51. The average Bonchev–Trinajstić information content (AvgIpc) is 2.21. The number of rotatable bonds is 4. The first-order valence-electron chi connectivity index (χ1n) is 5.51. The molecule has 0 aromatic heterocycles. The minimum Gasteiger partial charge on any atom is -0.396 e. The van der Waals surface area contributed by atoms with Gasteiger partial charge in [0.2, 0.25) is 0 Å². The van der Waals surface area contributed by atoms with Crippen LogP contribution >= 0.6 is 0 Å². The van der Waals surface area contributed by atoms with Crippen molar-refractivity contribution in [2.45, 2.75) is 39.0 Å². The number of aliphatic hydroxyl groups excluding tert-OH is 2. The molecule has 1 unspecified atom stereocenters. The van der Waals surface area contributed by atoms with Gasteiger partial charge in [-0.1, -0.05) is 39.0 Å². The minimum absolute atomic E-state index is 0.100. The van der Waals surface area contributed by atoms with Crippen LogP contribution < -0.4 is 0 Å². The first-order chi connectivity index (χ1) is 6.29. The van der Waals surface area contributed by atoms with Crippen LogP contribution in [0.25, 0.3) is 0 Å². The van der Waals surface area contributed by atoms with Crippen molar-refractivity contribution < 1.29 is 10.2 Å². The van der Waals surface area contributed by atoms with Gasteiger partial charge in [0.1, 0.15) is 0 Å².